The van der Waals surface area contributed by atoms with Crippen molar-refractivity contribution in [1.29, 1.82) is 0 Å². The summed E-state index contributed by atoms with van der Waals surface area (Å²) in [6.45, 7) is 32.3. The molecule has 0 saturated heterocycles. The van der Waals surface area contributed by atoms with Crippen LogP contribution in [-0.4, -0.2) is 0 Å². The highest BCUT2D eigenvalue weighted by Gasteiger charge is 2.40. The third kappa shape index (κ3) is 6.83. The predicted molar refractivity (Wildman–Crippen MR) is 261 cm³/mol. The minimum Gasteiger partial charge on any atom is -0.358 e. The summed E-state index contributed by atoms with van der Waals surface area (Å²) in [6, 6.07) is 41.1. The minimum absolute atomic E-state index is 0.0297. The largest absolute Gasteiger partial charge is 0.358 e. The maximum Gasteiger partial charge on any atom is 0.0575 e. The van der Waals surface area contributed by atoms with Gasteiger partial charge in [-0.05, 0) is 118 Å². The van der Waals surface area contributed by atoms with Gasteiger partial charge in [0, 0.05) is 33.0 Å². The van der Waals surface area contributed by atoms with E-state index in [0.29, 0.717) is 0 Å². The van der Waals surface area contributed by atoms with Gasteiger partial charge in [0.2, 0.25) is 0 Å². The Morgan fingerprint density at radius 2 is 1.32 bits per heavy atom. The average molecular weight is 789 g/mol. The summed E-state index contributed by atoms with van der Waals surface area (Å²) in [5.41, 5.74) is 20.2. The summed E-state index contributed by atoms with van der Waals surface area (Å²) >= 11 is 0. The third-order valence-corrected chi connectivity index (χ3v) is 13.8. The van der Waals surface area contributed by atoms with Crippen molar-refractivity contribution >= 4 is 33.5 Å². The molecule has 1 aliphatic heterocycles. The molecule has 0 saturated carbocycles. The number of nitrogens with one attached hydrogen (secondary N) is 1. The van der Waals surface area contributed by atoms with Crippen LogP contribution in [0.4, 0.5) is 22.7 Å². The minimum atomic E-state index is -0.156. The first-order valence-corrected chi connectivity index (χ1v) is 21.9. The fourth-order valence-corrected chi connectivity index (χ4v) is 10.2. The summed E-state index contributed by atoms with van der Waals surface area (Å²) < 4.78 is 0. The molecule has 306 valence electrons. The van der Waals surface area contributed by atoms with Crippen molar-refractivity contribution in [3.8, 4) is 22.3 Å². The summed E-state index contributed by atoms with van der Waals surface area (Å²) in [6.07, 6.45) is 8.75. The van der Waals surface area contributed by atoms with E-state index in [9.17, 15) is 0 Å². The molecule has 0 aromatic heterocycles. The van der Waals surface area contributed by atoms with Crippen molar-refractivity contribution in [1.82, 2.24) is 0 Å². The zero-order valence-corrected chi connectivity index (χ0v) is 38.2. The van der Waals surface area contributed by atoms with Crippen LogP contribution in [0.2, 0.25) is 0 Å². The molecular formula is C58H64N2. The topological polar surface area (TPSA) is 15.3 Å². The molecule has 0 spiro atoms. The molecule has 0 radical (unpaired) electrons. The highest BCUT2D eigenvalue weighted by Crippen LogP contribution is 2.58. The number of hydrogen-bond donors (Lipinski definition) is 1. The first-order chi connectivity index (χ1) is 28.4. The normalized spacial score (nSPS) is 15.6. The van der Waals surface area contributed by atoms with E-state index in [2.05, 4.69) is 221 Å². The van der Waals surface area contributed by atoms with Crippen molar-refractivity contribution in [2.75, 3.05) is 10.2 Å². The van der Waals surface area contributed by atoms with Crippen LogP contribution < -0.4 is 10.2 Å². The van der Waals surface area contributed by atoms with E-state index in [0.717, 1.165) is 24.2 Å². The number of allylic oxidation sites excluding steroid dienone is 5. The Kier molecular flexibility index (Phi) is 10.2. The second kappa shape index (κ2) is 14.8. The van der Waals surface area contributed by atoms with Gasteiger partial charge in [-0.25, -0.2) is 0 Å². The molecule has 2 nitrogen and oxygen atoms in total. The summed E-state index contributed by atoms with van der Waals surface area (Å²) in [5, 5.41) is 6.59. The Morgan fingerprint density at radius 3 is 2.05 bits per heavy atom. The predicted octanol–water partition coefficient (Wildman–Crippen LogP) is 16.8. The molecule has 0 fully saturated rings. The number of fused-ring (bicyclic) bond motifs is 6. The molecule has 0 bridgehead atoms. The number of aryl methyl sites for hydroxylation is 1. The van der Waals surface area contributed by atoms with Crippen molar-refractivity contribution in [3.63, 3.8) is 0 Å². The molecule has 8 rings (SSSR count). The number of anilines is 4. The van der Waals surface area contributed by atoms with Gasteiger partial charge >= 0.3 is 0 Å². The second-order valence-corrected chi connectivity index (χ2v) is 20.4. The molecule has 60 heavy (non-hydrogen) atoms. The van der Waals surface area contributed by atoms with Gasteiger partial charge in [0.1, 0.15) is 0 Å². The molecule has 1 aliphatic carbocycles. The van der Waals surface area contributed by atoms with Crippen molar-refractivity contribution < 1.29 is 0 Å². The zero-order chi connectivity index (χ0) is 42.9. The van der Waals surface area contributed by atoms with Crippen LogP contribution in [0.1, 0.15) is 115 Å². The fraction of sp³-hybridized carbons (Fsp3) is 0.310. The first kappa shape index (κ1) is 41.1. The molecule has 1 N–H and O–H groups in total. The van der Waals surface area contributed by atoms with E-state index in [1.54, 1.807) is 0 Å². The van der Waals surface area contributed by atoms with Crippen LogP contribution in [-0.2, 0) is 10.8 Å². The van der Waals surface area contributed by atoms with Crippen LogP contribution in [0.25, 0.3) is 33.0 Å². The highest BCUT2D eigenvalue weighted by molar-refractivity contribution is 6.08. The second-order valence-electron chi connectivity index (χ2n) is 20.4. The number of hydrogen-bond acceptors (Lipinski definition) is 2. The summed E-state index contributed by atoms with van der Waals surface area (Å²) in [5.74, 6) is 0. The van der Waals surface area contributed by atoms with E-state index in [4.69, 9.17) is 0 Å². The van der Waals surface area contributed by atoms with E-state index < -0.39 is 0 Å². The maximum absolute atomic E-state index is 4.15. The molecule has 2 aliphatic rings. The number of para-hydroxylation sites is 2. The molecule has 6 aromatic carbocycles. The quantitative estimate of drug-likeness (QED) is 0.147. The Hall–Kier alpha value is -5.60. The summed E-state index contributed by atoms with van der Waals surface area (Å²) in [7, 11) is 0. The molecule has 0 atom stereocenters. The molecule has 6 aromatic rings. The van der Waals surface area contributed by atoms with Gasteiger partial charge in [-0.2, -0.15) is 0 Å². The first-order valence-electron chi connectivity index (χ1n) is 21.9. The highest BCUT2D eigenvalue weighted by atomic mass is 15.2. The SMILES string of the molecule is C=C/C=C(\C=C(/C)Nc1c(-c2cc3ccccc3c(N3c4ccccc4C(C)(C)c4cccc(C)c43)c2C)ccc2c1-c1ccccc1C2(C)C)C(C)(C)CCC(C)(C)C. The lowest BCUT2D eigenvalue weighted by atomic mass is 9.72. The molecule has 0 amide bonds. The lowest BCUT2D eigenvalue weighted by Gasteiger charge is -2.44. The van der Waals surface area contributed by atoms with Crippen LogP contribution in [0.5, 0.6) is 0 Å². The van der Waals surface area contributed by atoms with E-state index >= 15 is 0 Å². The van der Waals surface area contributed by atoms with Crippen LogP contribution >= 0.6 is 0 Å². The lowest BCUT2D eigenvalue weighted by Crippen LogP contribution is -2.31. The van der Waals surface area contributed by atoms with Crippen molar-refractivity contribution in [2.45, 2.75) is 107 Å². The Bertz CT molecular complexity index is 2740. The molecule has 0 unspecified atom stereocenters. The molecule has 2 heteroatoms. The smallest absolute Gasteiger partial charge is 0.0575 e. The lowest BCUT2D eigenvalue weighted by molar-refractivity contribution is 0.292. The molecular weight excluding hydrogens is 725 g/mol. The van der Waals surface area contributed by atoms with E-state index in [-0.39, 0.29) is 21.7 Å². The Balaban J connectivity index is 1.40. The monoisotopic (exact) mass is 789 g/mol. The van der Waals surface area contributed by atoms with Crippen molar-refractivity contribution in [2.24, 2.45) is 10.8 Å². The van der Waals surface area contributed by atoms with Crippen LogP contribution in [0, 0.1) is 24.7 Å². The van der Waals surface area contributed by atoms with Crippen LogP contribution in [0.3, 0.4) is 0 Å². The Labute approximate surface area is 360 Å². The van der Waals surface area contributed by atoms with E-state index in [1.807, 2.05) is 6.08 Å². The van der Waals surface area contributed by atoms with Gasteiger partial charge in [-0.15, -0.1) is 0 Å². The molecule has 1 heterocycles. The van der Waals surface area contributed by atoms with Gasteiger partial charge in [-0.3, -0.25) is 0 Å². The standard InChI is InChI=1S/C58H64N2/c1-14-22-41(56(8,9)34-33-55(5,6)7)35-38(3)59-52-43(31-32-48-51(52)44-26-17-18-27-46(44)57(48,10)11)45-36-40-24-15-16-25-42(40)54(39(45)4)60-50-30-20-19-28-47(50)58(12,13)49-29-21-23-37(2)53(49)60/h14-32,35-36,59H,1,33-34H2,2-13H3/b38-35+,41-22+. The zero-order valence-electron chi connectivity index (χ0n) is 38.2. The maximum atomic E-state index is 4.15. The van der Waals surface area contributed by atoms with Gasteiger partial charge in [-0.1, -0.05) is 178 Å². The average Bonchev–Trinajstić information content (AvgIpc) is 3.44. The fourth-order valence-electron chi connectivity index (χ4n) is 10.2. The number of nitrogens with zero attached hydrogens (tertiary/aromatic N) is 1. The van der Waals surface area contributed by atoms with Crippen LogP contribution in [0.15, 0.2) is 145 Å². The third-order valence-electron chi connectivity index (χ3n) is 13.8. The number of benzene rings is 6. The number of rotatable bonds is 9. The van der Waals surface area contributed by atoms with Gasteiger partial charge in [0.05, 0.1) is 22.7 Å². The van der Waals surface area contributed by atoms with Gasteiger partial charge < -0.3 is 10.2 Å². The Morgan fingerprint density at radius 1 is 0.667 bits per heavy atom. The summed E-state index contributed by atoms with van der Waals surface area (Å²) in [4.78, 5) is 2.59. The van der Waals surface area contributed by atoms with Gasteiger partial charge in [0.25, 0.3) is 0 Å². The van der Waals surface area contributed by atoms with Gasteiger partial charge in [0.15, 0.2) is 0 Å². The van der Waals surface area contributed by atoms with E-state index in [1.165, 1.54) is 89.0 Å². The van der Waals surface area contributed by atoms with Crippen molar-refractivity contribution in [3.05, 3.63) is 179 Å².